The van der Waals surface area contributed by atoms with Crippen molar-refractivity contribution in [3.63, 3.8) is 0 Å². The highest BCUT2D eigenvalue weighted by atomic mass is 32.1. The minimum Gasteiger partial charge on any atom is -0.406 e. The average Bonchev–Trinajstić information content (AvgIpc) is 3.14. The van der Waals surface area contributed by atoms with Gasteiger partial charge in [-0.15, -0.1) is 24.5 Å². The van der Waals surface area contributed by atoms with E-state index in [0.717, 1.165) is 21.3 Å². The molecule has 0 saturated carbocycles. The molecule has 4 rings (SSSR count). The molecule has 4 nitrogen and oxygen atoms in total. The second-order valence-electron chi connectivity index (χ2n) is 6.80. The van der Waals surface area contributed by atoms with Crippen molar-refractivity contribution in [3.05, 3.63) is 83.4 Å². The normalized spacial score (nSPS) is 11.5. The molecule has 0 aliphatic heterocycles. The number of thiazole rings is 1. The zero-order valence-corrected chi connectivity index (χ0v) is 17.0. The van der Waals surface area contributed by atoms with Crippen molar-refractivity contribution in [2.24, 2.45) is 0 Å². The summed E-state index contributed by atoms with van der Waals surface area (Å²) in [5, 5.41) is 3.46. The van der Waals surface area contributed by atoms with E-state index in [4.69, 9.17) is 0 Å². The van der Waals surface area contributed by atoms with Gasteiger partial charge in [0.1, 0.15) is 10.8 Å². The maximum atomic E-state index is 12.3. The molecule has 0 aliphatic rings. The number of fused-ring (bicyclic) bond motifs is 1. The monoisotopic (exact) mass is 442 g/mol. The Labute approximate surface area is 180 Å². The van der Waals surface area contributed by atoms with Gasteiger partial charge in [-0.1, -0.05) is 48.5 Å². The Kier molecular flexibility index (Phi) is 5.90. The minimum absolute atomic E-state index is 0.134. The number of carbonyl (C=O) groups excluding carboxylic acids is 1. The minimum atomic E-state index is -4.73. The van der Waals surface area contributed by atoms with Gasteiger partial charge in [-0.25, -0.2) is 4.98 Å². The van der Waals surface area contributed by atoms with Gasteiger partial charge >= 0.3 is 6.36 Å². The molecule has 0 unspecified atom stereocenters. The van der Waals surface area contributed by atoms with E-state index >= 15 is 0 Å². The van der Waals surface area contributed by atoms with E-state index in [0.29, 0.717) is 10.6 Å². The lowest BCUT2D eigenvalue weighted by atomic mass is 10.1. The van der Waals surface area contributed by atoms with E-state index in [9.17, 15) is 18.0 Å². The van der Waals surface area contributed by atoms with Crippen LogP contribution >= 0.6 is 11.3 Å². The van der Waals surface area contributed by atoms with Gasteiger partial charge in [0.2, 0.25) is 5.91 Å². The van der Waals surface area contributed by atoms with Gasteiger partial charge in [-0.2, -0.15) is 0 Å². The third kappa shape index (κ3) is 5.61. The molecular weight excluding hydrogens is 425 g/mol. The zero-order valence-electron chi connectivity index (χ0n) is 16.1. The fraction of sp³-hybridized carbons (Fsp3) is 0.130. The molecule has 3 aromatic carbocycles. The van der Waals surface area contributed by atoms with Gasteiger partial charge in [0.25, 0.3) is 0 Å². The lowest BCUT2D eigenvalue weighted by Gasteiger charge is -2.09. The molecule has 4 aromatic rings. The summed E-state index contributed by atoms with van der Waals surface area (Å²) in [5.74, 6) is -0.509. The number of aromatic nitrogens is 1. The Balaban J connectivity index is 1.36. The third-order valence-corrected chi connectivity index (χ3v) is 5.52. The van der Waals surface area contributed by atoms with Crippen LogP contribution in [-0.2, 0) is 17.8 Å². The number of hydrogen-bond donors (Lipinski definition) is 1. The number of halogens is 3. The van der Waals surface area contributed by atoms with Crippen LogP contribution in [0.4, 0.5) is 13.2 Å². The van der Waals surface area contributed by atoms with E-state index in [1.165, 1.54) is 35.6 Å². The van der Waals surface area contributed by atoms with Gasteiger partial charge in [0, 0.05) is 6.54 Å². The molecule has 31 heavy (non-hydrogen) atoms. The number of amides is 1. The van der Waals surface area contributed by atoms with Gasteiger partial charge < -0.3 is 10.1 Å². The van der Waals surface area contributed by atoms with Crippen LogP contribution < -0.4 is 10.1 Å². The molecule has 0 spiro atoms. The van der Waals surface area contributed by atoms with Crippen LogP contribution in [-0.4, -0.2) is 17.3 Å². The van der Waals surface area contributed by atoms with Crippen LogP contribution in [0.2, 0.25) is 0 Å². The second kappa shape index (κ2) is 8.77. The highest BCUT2D eigenvalue weighted by Crippen LogP contribution is 2.28. The van der Waals surface area contributed by atoms with Crippen molar-refractivity contribution < 1.29 is 22.7 Å². The summed E-state index contributed by atoms with van der Waals surface area (Å²) in [6.07, 6.45) is -4.59. The van der Waals surface area contributed by atoms with Crippen molar-refractivity contribution >= 4 is 27.5 Å². The highest BCUT2D eigenvalue weighted by molar-refractivity contribution is 7.18. The summed E-state index contributed by atoms with van der Waals surface area (Å²) in [6.45, 7) is 0.203. The van der Waals surface area contributed by atoms with Gasteiger partial charge in [-0.3, -0.25) is 4.79 Å². The molecule has 8 heteroatoms. The summed E-state index contributed by atoms with van der Waals surface area (Å²) in [6, 6.07) is 21.4. The van der Waals surface area contributed by atoms with Crippen LogP contribution in [0.15, 0.2) is 72.8 Å². The first kappa shape index (κ1) is 20.9. The van der Waals surface area contributed by atoms with E-state index in [1.807, 2.05) is 42.5 Å². The number of ether oxygens (including phenoxy) is 1. The van der Waals surface area contributed by atoms with Gasteiger partial charge in [0.05, 0.1) is 16.6 Å². The summed E-state index contributed by atoms with van der Waals surface area (Å²) in [4.78, 5) is 16.8. The van der Waals surface area contributed by atoms with E-state index in [1.54, 1.807) is 0 Å². The van der Waals surface area contributed by atoms with Crippen LogP contribution in [0.25, 0.3) is 21.3 Å². The number of nitrogens with one attached hydrogen (secondary N) is 1. The Morgan fingerprint density at radius 3 is 2.42 bits per heavy atom. The molecule has 158 valence electrons. The number of benzene rings is 3. The van der Waals surface area contributed by atoms with Crippen molar-refractivity contribution in [2.75, 3.05) is 0 Å². The Morgan fingerprint density at radius 2 is 1.71 bits per heavy atom. The molecule has 0 atom stereocenters. The molecule has 0 aliphatic carbocycles. The summed E-state index contributed by atoms with van der Waals surface area (Å²) >= 11 is 1.47. The second-order valence-corrected chi connectivity index (χ2v) is 7.92. The number of rotatable bonds is 6. The molecule has 0 fully saturated rings. The fourth-order valence-electron chi connectivity index (χ4n) is 3.07. The van der Waals surface area contributed by atoms with Crippen molar-refractivity contribution in [1.82, 2.24) is 10.3 Å². The third-order valence-electron chi connectivity index (χ3n) is 4.50. The number of carbonyl (C=O) groups is 1. The first-order valence-corrected chi connectivity index (χ1v) is 10.2. The molecule has 0 radical (unpaired) electrons. The lowest BCUT2D eigenvalue weighted by molar-refractivity contribution is -0.274. The fourth-order valence-corrected chi connectivity index (χ4v) is 4.07. The lowest BCUT2D eigenvalue weighted by Crippen LogP contribution is -2.24. The highest BCUT2D eigenvalue weighted by Gasteiger charge is 2.30. The zero-order chi connectivity index (χ0) is 21.8. The molecule has 1 aromatic heterocycles. The van der Waals surface area contributed by atoms with E-state index in [-0.39, 0.29) is 24.6 Å². The smallest absolute Gasteiger partial charge is 0.406 e. The van der Waals surface area contributed by atoms with Crippen molar-refractivity contribution in [1.29, 1.82) is 0 Å². The van der Waals surface area contributed by atoms with Crippen LogP contribution in [0.5, 0.6) is 5.75 Å². The molecular formula is C23H17F3N2O2S. The maximum Gasteiger partial charge on any atom is 0.573 e. The van der Waals surface area contributed by atoms with Crippen molar-refractivity contribution in [2.45, 2.75) is 19.3 Å². The molecule has 0 bridgehead atoms. The molecule has 0 saturated heterocycles. The maximum absolute atomic E-state index is 12.3. The van der Waals surface area contributed by atoms with E-state index < -0.39 is 6.36 Å². The predicted molar refractivity (Wildman–Crippen MR) is 114 cm³/mol. The largest absolute Gasteiger partial charge is 0.573 e. The van der Waals surface area contributed by atoms with Crippen LogP contribution in [0.3, 0.4) is 0 Å². The number of nitrogens with zero attached hydrogens (tertiary/aromatic N) is 1. The summed E-state index contributed by atoms with van der Waals surface area (Å²) in [5.41, 5.74) is 3.71. The first-order valence-electron chi connectivity index (χ1n) is 9.42. The summed E-state index contributed by atoms with van der Waals surface area (Å²) in [7, 11) is 0. The van der Waals surface area contributed by atoms with E-state index in [2.05, 4.69) is 21.1 Å². The van der Waals surface area contributed by atoms with Gasteiger partial charge in [-0.05, 0) is 41.0 Å². The average molecular weight is 442 g/mol. The molecule has 1 heterocycles. The molecule has 1 N–H and O–H groups in total. The Morgan fingerprint density at radius 1 is 0.968 bits per heavy atom. The predicted octanol–water partition coefficient (Wildman–Crippen LogP) is 5.72. The topological polar surface area (TPSA) is 51.2 Å². The quantitative estimate of drug-likeness (QED) is 0.416. The molecule has 1 amide bonds. The van der Waals surface area contributed by atoms with Crippen LogP contribution in [0.1, 0.15) is 10.6 Å². The first-order chi connectivity index (χ1) is 14.9. The number of alkyl halides is 3. The van der Waals surface area contributed by atoms with Crippen LogP contribution in [0, 0.1) is 0 Å². The SMILES string of the molecule is O=C(Cc1nc2ccc(-c3ccccc3)cc2s1)NCc1ccc(OC(F)(F)F)cc1. The van der Waals surface area contributed by atoms with Crippen molar-refractivity contribution in [3.8, 4) is 16.9 Å². The Hall–Kier alpha value is -3.39. The summed E-state index contributed by atoms with van der Waals surface area (Å²) < 4.78 is 41.4. The van der Waals surface area contributed by atoms with Gasteiger partial charge in [0.15, 0.2) is 0 Å². The number of hydrogen-bond acceptors (Lipinski definition) is 4. The standard InChI is InChI=1S/C23H17F3N2O2S/c24-23(25,26)30-18-9-6-15(7-10-18)14-27-21(29)13-22-28-19-11-8-17(12-20(19)31-22)16-4-2-1-3-5-16/h1-12H,13-14H2,(H,27,29). The Bertz CT molecular complexity index is 1190.